The van der Waals surface area contributed by atoms with Gasteiger partial charge in [0.1, 0.15) is 11.6 Å². The molecule has 3 N–H and O–H groups in total. The third-order valence-electron chi connectivity index (χ3n) is 10.7. The summed E-state index contributed by atoms with van der Waals surface area (Å²) in [5.74, 6) is -1.02. The van der Waals surface area contributed by atoms with Gasteiger partial charge in [0.15, 0.2) is 9.84 Å². The van der Waals surface area contributed by atoms with Crippen LogP contribution in [0.1, 0.15) is 93.4 Å². The molecule has 1 saturated heterocycles. The zero-order chi connectivity index (χ0) is 34.6. The van der Waals surface area contributed by atoms with Gasteiger partial charge in [0.25, 0.3) is 11.9 Å². The molecule has 2 aromatic carbocycles. The molecule has 4 fully saturated rings. The maximum absolute atomic E-state index is 15.7. The molecule has 3 saturated carbocycles. The normalized spacial score (nSPS) is 26.4. The van der Waals surface area contributed by atoms with Crippen molar-refractivity contribution in [1.82, 2.24) is 15.5 Å². The van der Waals surface area contributed by atoms with Crippen LogP contribution in [0.5, 0.6) is 5.75 Å². The van der Waals surface area contributed by atoms with E-state index in [2.05, 4.69) is 15.4 Å². The van der Waals surface area contributed by atoms with Crippen molar-refractivity contribution in [2.75, 3.05) is 28.6 Å². The highest BCUT2D eigenvalue weighted by molar-refractivity contribution is 7.91. The van der Waals surface area contributed by atoms with Crippen LogP contribution in [0.4, 0.5) is 16.0 Å². The van der Waals surface area contributed by atoms with Crippen molar-refractivity contribution < 1.29 is 31.7 Å². The molecule has 8 rings (SSSR count). The molecule has 0 spiro atoms. The minimum Gasteiger partial charge on any atom is -0.491 e. The summed E-state index contributed by atoms with van der Waals surface area (Å²) in [4.78, 5) is 35.2. The van der Waals surface area contributed by atoms with Gasteiger partial charge < -0.3 is 30.1 Å². The van der Waals surface area contributed by atoms with Crippen LogP contribution in [-0.4, -0.2) is 66.9 Å². The Morgan fingerprint density at radius 2 is 1.76 bits per heavy atom. The number of amides is 2. The van der Waals surface area contributed by atoms with Crippen LogP contribution >= 0.6 is 0 Å². The van der Waals surface area contributed by atoms with E-state index in [0.29, 0.717) is 42.4 Å². The Kier molecular flexibility index (Phi) is 8.66. The fourth-order valence-electron chi connectivity index (χ4n) is 7.84. The Bertz CT molecular complexity index is 1830. The van der Waals surface area contributed by atoms with Crippen LogP contribution in [-0.2, 0) is 26.6 Å². The molecule has 14 heteroatoms. The predicted molar refractivity (Wildman–Crippen MR) is 180 cm³/mol. The molecular weight excluding hydrogens is 651 g/mol. The van der Waals surface area contributed by atoms with E-state index in [9.17, 15) is 18.0 Å². The van der Waals surface area contributed by atoms with Crippen molar-refractivity contribution in [2.45, 2.75) is 106 Å². The van der Waals surface area contributed by atoms with Crippen LogP contribution in [0.15, 0.2) is 45.8 Å². The molecule has 49 heavy (non-hydrogen) atoms. The first-order chi connectivity index (χ1) is 23.4. The number of hydrogen-bond donors (Lipinski definition) is 2. The number of aromatic nitrogens is 2. The quantitative estimate of drug-likeness (QED) is 0.346. The molecule has 2 amide bonds. The van der Waals surface area contributed by atoms with Gasteiger partial charge in [-0.1, -0.05) is 12.1 Å². The van der Waals surface area contributed by atoms with E-state index < -0.39 is 44.8 Å². The summed E-state index contributed by atoms with van der Waals surface area (Å²) in [7, 11) is -4.15. The van der Waals surface area contributed by atoms with E-state index in [-0.39, 0.29) is 34.2 Å². The van der Waals surface area contributed by atoms with E-state index in [0.717, 1.165) is 51.3 Å². The molecule has 262 valence electrons. The summed E-state index contributed by atoms with van der Waals surface area (Å²) in [6.45, 7) is 5.63. The number of hydrogen-bond acceptors (Lipinski definition) is 10. The molecular formula is C35H43FN6O6S. The maximum atomic E-state index is 15.7. The van der Waals surface area contributed by atoms with Gasteiger partial charge in [0.05, 0.1) is 40.6 Å². The van der Waals surface area contributed by atoms with Crippen molar-refractivity contribution in [3.05, 3.63) is 59.2 Å². The number of sulfone groups is 1. The van der Waals surface area contributed by atoms with Gasteiger partial charge in [0.2, 0.25) is 11.8 Å². The highest BCUT2D eigenvalue weighted by atomic mass is 32.2. The van der Waals surface area contributed by atoms with E-state index in [1.54, 1.807) is 24.3 Å². The number of carbonyl (C=O) groups excluding carboxylic acids is 2. The second-order valence-electron chi connectivity index (χ2n) is 14.4. The summed E-state index contributed by atoms with van der Waals surface area (Å²) in [5.41, 5.74) is 5.53. The zero-order valence-electron chi connectivity index (χ0n) is 27.9. The molecule has 2 aliphatic heterocycles. The average Bonchev–Trinajstić information content (AvgIpc) is 3.58. The lowest BCUT2D eigenvalue weighted by molar-refractivity contribution is -0.119. The third-order valence-corrected chi connectivity index (χ3v) is 12.5. The highest BCUT2D eigenvalue weighted by Crippen LogP contribution is 2.53. The van der Waals surface area contributed by atoms with E-state index in [4.69, 9.17) is 20.0 Å². The topological polar surface area (TPSA) is 161 Å². The first-order valence-electron chi connectivity index (χ1n) is 17.2. The molecule has 0 unspecified atom stereocenters. The Morgan fingerprint density at radius 3 is 2.41 bits per heavy atom. The van der Waals surface area contributed by atoms with Gasteiger partial charge >= 0.3 is 0 Å². The molecule has 0 radical (unpaired) electrons. The number of halogens is 1. The molecule has 2 bridgehead atoms. The Morgan fingerprint density at radius 1 is 1.08 bits per heavy atom. The fourth-order valence-corrected chi connectivity index (χ4v) is 9.41. The molecule has 3 aromatic rings. The number of fused-ring (bicyclic) bond motifs is 4. The molecule has 12 nitrogen and oxygen atoms in total. The van der Waals surface area contributed by atoms with Crippen LogP contribution in [0.2, 0.25) is 0 Å². The molecule has 3 heterocycles. The molecule has 5 aliphatic rings. The monoisotopic (exact) mass is 694 g/mol. The van der Waals surface area contributed by atoms with Crippen molar-refractivity contribution >= 4 is 33.3 Å². The first-order valence-corrected chi connectivity index (χ1v) is 18.8. The second-order valence-corrected chi connectivity index (χ2v) is 16.4. The van der Waals surface area contributed by atoms with Gasteiger partial charge in [-0.15, -0.1) is 0 Å². The van der Waals surface area contributed by atoms with Gasteiger partial charge in [-0.2, -0.15) is 4.98 Å². The molecule has 1 aromatic heterocycles. The highest BCUT2D eigenvalue weighted by Gasteiger charge is 2.53. The lowest BCUT2D eigenvalue weighted by atomic mass is 9.57. The smallest absolute Gasteiger partial charge is 0.266 e. The van der Waals surface area contributed by atoms with Crippen LogP contribution in [0.25, 0.3) is 0 Å². The summed E-state index contributed by atoms with van der Waals surface area (Å²) >= 11 is 0. The standard InChI is InChI=1S/C35H43FN6O6S/c1-22(2)47-24-8-6-23(7-9-24)20-42-28-18-25(26(36)19-29(28)49(45,46)21-27(37)31(42)44)30(43)39-35-13-10-34(11-14-35,12-15-35)32-38-33(40-48-32)41-16-4-3-5-17-41/h6-9,18-19,22,27H,3-5,10-17,20-21,37H2,1-2H3,(H,39,43)/t27-,34?,35?/m0/s1. The fraction of sp³-hybridized carbons (Fsp3) is 0.543. The number of nitrogens with zero attached hydrogens (tertiary/aromatic N) is 4. The third kappa shape index (κ3) is 6.40. The SMILES string of the molecule is CC(C)Oc1ccc(CN2C(=O)[C@@H](N)CS(=O)(=O)c3cc(F)c(C(=O)NC45CCC(c6nc(N7CCCCC7)no6)(CC4)CC5)cc32)cc1. The van der Waals surface area contributed by atoms with Gasteiger partial charge in [-0.25, -0.2) is 12.8 Å². The minimum absolute atomic E-state index is 0.0280. The molecule has 1 atom stereocenters. The van der Waals surface area contributed by atoms with Crippen molar-refractivity contribution in [3.63, 3.8) is 0 Å². The van der Waals surface area contributed by atoms with E-state index >= 15 is 4.39 Å². The summed E-state index contributed by atoms with van der Waals surface area (Å²) in [6, 6.07) is 7.70. The number of benzene rings is 2. The van der Waals surface area contributed by atoms with Gasteiger partial charge in [-0.05, 0) is 107 Å². The Hall–Kier alpha value is -4.04. The first kappa shape index (κ1) is 33.5. The number of carbonyl (C=O) groups is 2. The van der Waals surface area contributed by atoms with Crippen molar-refractivity contribution in [1.29, 1.82) is 0 Å². The van der Waals surface area contributed by atoms with Crippen LogP contribution < -0.4 is 25.6 Å². The summed E-state index contributed by atoms with van der Waals surface area (Å²) in [6.07, 6.45) is 7.57. The van der Waals surface area contributed by atoms with Crippen LogP contribution in [0, 0.1) is 5.82 Å². The second kappa shape index (κ2) is 12.7. The average molecular weight is 695 g/mol. The van der Waals surface area contributed by atoms with E-state index in [1.807, 2.05) is 13.8 Å². The number of anilines is 2. The summed E-state index contributed by atoms with van der Waals surface area (Å²) < 4.78 is 53.9. The predicted octanol–water partition coefficient (Wildman–Crippen LogP) is 4.41. The number of piperidine rings is 1. The summed E-state index contributed by atoms with van der Waals surface area (Å²) in [5, 5.41) is 7.40. The van der Waals surface area contributed by atoms with Gasteiger partial charge in [0, 0.05) is 24.0 Å². The van der Waals surface area contributed by atoms with E-state index in [1.165, 1.54) is 17.4 Å². The maximum Gasteiger partial charge on any atom is 0.266 e. The Labute approximate surface area is 285 Å². The largest absolute Gasteiger partial charge is 0.491 e. The number of rotatable bonds is 8. The lowest BCUT2D eigenvalue weighted by Crippen LogP contribution is -2.58. The lowest BCUT2D eigenvalue weighted by Gasteiger charge is -2.52. The van der Waals surface area contributed by atoms with Gasteiger partial charge in [-0.3, -0.25) is 9.59 Å². The van der Waals surface area contributed by atoms with Crippen LogP contribution in [0.3, 0.4) is 0 Å². The zero-order valence-corrected chi connectivity index (χ0v) is 28.7. The Balaban J connectivity index is 1.12. The van der Waals surface area contributed by atoms with Crippen molar-refractivity contribution in [3.8, 4) is 5.75 Å². The number of nitrogens with one attached hydrogen (secondary N) is 1. The number of ether oxygens (including phenoxy) is 1. The molecule has 3 aliphatic carbocycles. The minimum atomic E-state index is -4.15. The van der Waals surface area contributed by atoms with Crippen molar-refractivity contribution in [2.24, 2.45) is 5.73 Å². The number of nitrogens with two attached hydrogens (primary N) is 1.